The van der Waals surface area contributed by atoms with Gasteiger partial charge < -0.3 is 9.26 Å². The SMILES string of the molecule is Cc1cc(CN2CCN(CCOc3ccc(C#N)cc3)CC2)on1. The highest BCUT2D eigenvalue weighted by molar-refractivity contribution is 5.34. The van der Waals surface area contributed by atoms with Crippen LogP contribution in [-0.4, -0.2) is 54.3 Å². The van der Waals surface area contributed by atoms with Gasteiger partial charge in [-0.3, -0.25) is 9.80 Å². The third-order valence-electron chi connectivity index (χ3n) is 4.18. The van der Waals surface area contributed by atoms with Crippen LogP contribution in [0.15, 0.2) is 34.9 Å². The number of nitriles is 1. The summed E-state index contributed by atoms with van der Waals surface area (Å²) >= 11 is 0. The fraction of sp³-hybridized carbons (Fsp3) is 0.444. The van der Waals surface area contributed by atoms with E-state index in [1.807, 2.05) is 25.1 Å². The fourth-order valence-electron chi connectivity index (χ4n) is 2.80. The monoisotopic (exact) mass is 326 g/mol. The van der Waals surface area contributed by atoms with E-state index in [2.05, 4.69) is 21.0 Å². The van der Waals surface area contributed by atoms with Gasteiger partial charge in [-0.25, -0.2) is 0 Å². The zero-order valence-electron chi connectivity index (χ0n) is 13.9. The summed E-state index contributed by atoms with van der Waals surface area (Å²) < 4.78 is 11.0. The zero-order chi connectivity index (χ0) is 16.8. The second-order valence-corrected chi connectivity index (χ2v) is 6.04. The van der Waals surface area contributed by atoms with Gasteiger partial charge in [-0.2, -0.15) is 5.26 Å². The zero-order valence-corrected chi connectivity index (χ0v) is 13.9. The molecule has 1 aliphatic heterocycles. The van der Waals surface area contributed by atoms with Crippen LogP contribution in [0.3, 0.4) is 0 Å². The van der Waals surface area contributed by atoms with Gasteiger partial charge in [-0.05, 0) is 31.2 Å². The highest BCUT2D eigenvalue weighted by Crippen LogP contribution is 2.12. The molecule has 24 heavy (non-hydrogen) atoms. The number of benzene rings is 1. The van der Waals surface area contributed by atoms with Crippen LogP contribution in [0.25, 0.3) is 0 Å². The third-order valence-corrected chi connectivity index (χ3v) is 4.18. The molecule has 0 saturated carbocycles. The average Bonchev–Trinajstić information content (AvgIpc) is 3.02. The molecule has 0 bridgehead atoms. The number of piperazine rings is 1. The molecule has 1 saturated heterocycles. The molecule has 3 rings (SSSR count). The molecule has 1 aromatic carbocycles. The summed E-state index contributed by atoms with van der Waals surface area (Å²) in [5.74, 6) is 1.75. The Bertz CT molecular complexity index is 682. The number of aromatic nitrogens is 1. The molecule has 6 nitrogen and oxygen atoms in total. The van der Waals surface area contributed by atoms with E-state index < -0.39 is 0 Å². The number of hydrogen-bond donors (Lipinski definition) is 0. The van der Waals surface area contributed by atoms with Crippen molar-refractivity contribution in [1.29, 1.82) is 5.26 Å². The summed E-state index contributed by atoms with van der Waals surface area (Å²) in [6, 6.07) is 11.3. The summed E-state index contributed by atoms with van der Waals surface area (Å²) in [6.07, 6.45) is 0. The quantitative estimate of drug-likeness (QED) is 0.809. The van der Waals surface area contributed by atoms with Gasteiger partial charge >= 0.3 is 0 Å². The summed E-state index contributed by atoms with van der Waals surface area (Å²) in [5, 5.41) is 12.7. The van der Waals surface area contributed by atoms with Gasteiger partial charge in [0.15, 0.2) is 5.76 Å². The topological polar surface area (TPSA) is 65.5 Å². The Morgan fingerprint density at radius 3 is 2.50 bits per heavy atom. The van der Waals surface area contributed by atoms with Crippen molar-refractivity contribution in [3.63, 3.8) is 0 Å². The molecule has 126 valence electrons. The number of ether oxygens (including phenoxy) is 1. The maximum absolute atomic E-state index is 8.78. The van der Waals surface area contributed by atoms with Gasteiger partial charge in [0, 0.05) is 38.8 Å². The minimum absolute atomic E-state index is 0.653. The average molecular weight is 326 g/mol. The summed E-state index contributed by atoms with van der Waals surface area (Å²) in [7, 11) is 0. The number of nitrogens with zero attached hydrogens (tertiary/aromatic N) is 4. The molecule has 0 radical (unpaired) electrons. The summed E-state index contributed by atoms with van der Waals surface area (Å²) in [4.78, 5) is 4.80. The van der Waals surface area contributed by atoms with Gasteiger partial charge in [0.25, 0.3) is 0 Å². The van der Waals surface area contributed by atoms with Crippen molar-refractivity contribution >= 4 is 0 Å². The lowest BCUT2D eigenvalue weighted by molar-refractivity contribution is 0.106. The van der Waals surface area contributed by atoms with E-state index in [1.165, 1.54) is 0 Å². The van der Waals surface area contributed by atoms with E-state index in [4.69, 9.17) is 14.5 Å². The van der Waals surface area contributed by atoms with Gasteiger partial charge in [0.05, 0.1) is 23.9 Å². The first-order chi connectivity index (χ1) is 11.7. The lowest BCUT2D eigenvalue weighted by Crippen LogP contribution is -2.46. The summed E-state index contributed by atoms with van der Waals surface area (Å²) in [5.41, 5.74) is 1.59. The third kappa shape index (κ3) is 4.57. The van der Waals surface area contributed by atoms with Crippen LogP contribution in [0, 0.1) is 18.3 Å². The molecule has 2 heterocycles. The van der Waals surface area contributed by atoms with Crippen molar-refractivity contribution in [2.45, 2.75) is 13.5 Å². The Balaban J connectivity index is 1.35. The maximum Gasteiger partial charge on any atom is 0.150 e. The normalized spacial score (nSPS) is 16.0. The molecule has 1 aliphatic rings. The van der Waals surface area contributed by atoms with Crippen LogP contribution in [0.2, 0.25) is 0 Å². The van der Waals surface area contributed by atoms with Gasteiger partial charge in [-0.1, -0.05) is 5.16 Å². The smallest absolute Gasteiger partial charge is 0.150 e. The van der Waals surface area contributed by atoms with Crippen LogP contribution in [0.4, 0.5) is 0 Å². The first-order valence-corrected chi connectivity index (χ1v) is 8.23. The Hall–Kier alpha value is -2.36. The van der Waals surface area contributed by atoms with Crippen molar-refractivity contribution in [1.82, 2.24) is 15.0 Å². The minimum atomic E-state index is 0.653. The highest BCUT2D eigenvalue weighted by atomic mass is 16.5. The van der Waals surface area contributed by atoms with Crippen molar-refractivity contribution in [2.75, 3.05) is 39.3 Å². The molecule has 0 amide bonds. The van der Waals surface area contributed by atoms with Crippen LogP contribution < -0.4 is 4.74 Å². The maximum atomic E-state index is 8.78. The molecule has 0 unspecified atom stereocenters. The molecule has 0 aliphatic carbocycles. The van der Waals surface area contributed by atoms with Crippen molar-refractivity contribution in [2.24, 2.45) is 0 Å². The molecule has 0 N–H and O–H groups in total. The highest BCUT2D eigenvalue weighted by Gasteiger charge is 2.18. The first kappa shape index (κ1) is 16.5. The molecule has 1 aromatic heterocycles. The van der Waals surface area contributed by atoms with Crippen molar-refractivity contribution in [3.05, 3.63) is 47.3 Å². The molecular weight excluding hydrogens is 304 g/mol. The van der Waals surface area contributed by atoms with E-state index in [-0.39, 0.29) is 0 Å². The van der Waals surface area contributed by atoms with Gasteiger partial charge in [0.2, 0.25) is 0 Å². The Kier molecular flexibility index (Phi) is 5.47. The van der Waals surface area contributed by atoms with Gasteiger partial charge in [-0.15, -0.1) is 0 Å². The predicted octanol–water partition coefficient (Wildman–Crippen LogP) is 2.05. The van der Waals surface area contributed by atoms with E-state index >= 15 is 0 Å². The lowest BCUT2D eigenvalue weighted by Gasteiger charge is -2.33. The van der Waals surface area contributed by atoms with E-state index in [0.29, 0.717) is 12.2 Å². The molecule has 0 spiro atoms. The molecule has 0 atom stereocenters. The van der Waals surface area contributed by atoms with Crippen LogP contribution in [0.1, 0.15) is 17.0 Å². The molecule has 6 heteroatoms. The minimum Gasteiger partial charge on any atom is -0.492 e. The van der Waals surface area contributed by atoms with Gasteiger partial charge in [0.1, 0.15) is 12.4 Å². The van der Waals surface area contributed by atoms with Crippen molar-refractivity contribution in [3.8, 4) is 11.8 Å². The summed E-state index contributed by atoms with van der Waals surface area (Å²) in [6.45, 7) is 8.46. The standard InChI is InChI=1S/C18H22N4O2/c1-15-12-18(24-20-15)14-22-8-6-21(7-9-22)10-11-23-17-4-2-16(13-19)3-5-17/h2-5,12H,6-11,14H2,1H3. The Labute approximate surface area is 142 Å². The largest absolute Gasteiger partial charge is 0.492 e. The molecular formula is C18H22N4O2. The fourth-order valence-corrected chi connectivity index (χ4v) is 2.80. The van der Waals surface area contributed by atoms with Crippen LogP contribution in [0.5, 0.6) is 5.75 Å². The predicted molar refractivity (Wildman–Crippen MR) is 89.6 cm³/mol. The lowest BCUT2D eigenvalue weighted by atomic mass is 10.2. The second-order valence-electron chi connectivity index (χ2n) is 6.04. The van der Waals surface area contributed by atoms with E-state index in [9.17, 15) is 0 Å². The second kappa shape index (κ2) is 7.95. The Morgan fingerprint density at radius 2 is 1.88 bits per heavy atom. The number of aryl methyl sites for hydroxylation is 1. The molecule has 2 aromatic rings. The molecule has 1 fully saturated rings. The van der Waals surface area contributed by atoms with E-state index in [0.717, 1.165) is 56.5 Å². The Morgan fingerprint density at radius 1 is 1.17 bits per heavy atom. The number of rotatable bonds is 6. The van der Waals surface area contributed by atoms with E-state index in [1.54, 1.807) is 12.1 Å². The van der Waals surface area contributed by atoms with Crippen molar-refractivity contribution < 1.29 is 9.26 Å². The van der Waals surface area contributed by atoms with Crippen LogP contribution >= 0.6 is 0 Å². The first-order valence-electron chi connectivity index (χ1n) is 8.23. The number of hydrogen-bond acceptors (Lipinski definition) is 6. The van der Waals surface area contributed by atoms with Crippen LogP contribution in [-0.2, 0) is 6.54 Å².